The van der Waals surface area contributed by atoms with E-state index >= 15 is 0 Å². The molecule has 3 nitrogen and oxygen atoms in total. The van der Waals surface area contributed by atoms with E-state index in [4.69, 9.17) is 0 Å². The van der Waals surface area contributed by atoms with Gasteiger partial charge in [0.15, 0.2) is 0 Å². The van der Waals surface area contributed by atoms with E-state index in [0.29, 0.717) is 37.2 Å². The molecule has 1 aliphatic rings. The van der Waals surface area contributed by atoms with Gasteiger partial charge < -0.3 is 15.3 Å². The Morgan fingerprint density at radius 1 is 1.27 bits per heavy atom. The van der Waals surface area contributed by atoms with Gasteiger partial charge in [0.1, 0.15) is 0 Å². The summed E-state index contributed by atoms with van der Waals surface area (Å²) in [6, 6.07) is 4.45. The summed E-state index contributed by atoms with van der Waals surface area (Å²) >= 11 is 0. The van der Waals surface area contributed by atoms with Crippen molar-refractivity contribution in [3.8, 4) is 0 Å². The molecule has 1 aromatic carbocycles. The zero-order chi connectivity index (χ0) is 16.3. The molecule has 0 unspecified atom stereocenters. The quantitative estimate of drug-likeness (QED) is 0.896. The van der Waals surface area contributed by atoms with Crippen molar-refractivity contribution in [2.24, 2.45) is 0 Å². The first-order valence-corrected chi connectivity index (χ1v) is 7.64. The highest BCUT2D eigenvalue weighted by atomic mass is 19.4. The second-order valence-electron chi connectivity index (χ2n) is 6.05. The van der Waals surface area contributed by atoms with Gasteiger partial charge in [-0.05, 0) is 25.0 Å². The van der Waals surface area contributed by atoms with Gasteiger partial charge in [0.05, 0.1) is 11.7 Å². The molecule has 2 N–H and O–H groups in total. The predicted octanol–water partition coefficient (Wildman–Crippen LogP) is 3.16. The molecule has 0 spiro atoms. The number of alkyl halides is 3. The Morgan fingerprint density at radius 2 is 1.91 bits per heavy atom. The summed E-state index contributed by atoms with van der Waals surface area (Å²) < 4.78 is 39.9. The number of nitrogens with one attached hydrogen (secondary N) is 1. The fraction of sp³-hybridized carbons (Fsp3) is 0.625. The molecule has 1 saturated heterocycles. The van der Waals surface area contributed by atoms with Gasteiger partial charge in [-0.3, -0.25) is 0 Å². The Bertz CT molecular complexity index is 495. The van der Waals surface area contributed by atoms with Crippen molar-refractivity contribution in [3.63, 3.8) is 0 Å². The molecule has 2 rings (SSSR count). The van der Waals surface area contributed by atoms with E-state index in [9.17, 15) is 18.3 Å². The van der Waals surface area contributed by atoms with Crippen LogP contribution in [-0.2, 0) is 12.7 Å². The van der Waals surface area contributed by atoms with Crippen molar-refractivity contribution >= 4 is 5.69 Å². The highest BCUT2D eigenvalue weighted by Crippen LogP contribution is 2.37. The molecule has 0 radical (unpaired) electrons. The van der Waals surface area contributed by atoms with Crippen LogP contribution in [0.2, 0.25) is 0 Å². The van der Waals surface area contributed by atoms with Crippen LogP contribution in [0.5, 0.6) is 0 Å². The summed E-state index contributed by atoms with van der Waals surface area (Å²) in [5, 5.41) is 12.7. The van der Waals surface area contributed by atoms with E-state index in [2.05, 4.69) is 5.32 Å². The lowest BCUT2D eigenvalue weighted by Crippen LogP contribution is -2.37. The second kappa shape index (κ2) is 6.87. The largest absolute Gasteiger partial charge is 0.416 e. The molecule has 0 aromatic heterocycles. The molecular formula is C16H23F3N2O. The van der Waals surface area contributed by atoms with Crippen molar-refractivity contribution in [2.45, 2.75) is 51.6 Å². The molecule has 6 heteroatoms. The highest BCUT2D eigenvalue weighted by molar-refractivity contribution is 5.58. The van der Waals surface area contributed by atoms with Crippen molar-refractivity contribution in [2.75, 3.05) is 18.0 Å². The second-order valence-corrected chi connectivity index (χ2v) is 6.05. The minimum absolute atomic E-state index is 0.109. The monoisotopic (exact) mass is 316 g/mol. The standard InChI is InChI=1S/C16H23F3N2O/c1-11(2)20-10-13-14(16(17,18)19)4-3-5-15(13)21-8-6-12(22)7-9-21/h3-5,11-12,20,22H,6-10H2,1-2H3. The molecule has 1 fully saturated rings. The summed E-state index contributed by atoms with van der Waals surface area (Å²) in [6.07, 6.45) is -3.53. The van der Waals surface area contributed by atoms with Gasteiger partial charge >= 0.3 is 6.18 Å². The zero-order valence-electron chi connectivity index (χ0n) is 13.0. The van der Waals surface area contributed by atoms with Gasteiger partial charge in [0.2, 0.25) is 0 Å². The van der Waals surface area contributed by atoms with Crippen molar-refractivity contribution in [1.29, 1.82) is 0 Å². The highest BCUT2D eigenvalue weighted by Gasteiger charge is 2.35. The first-order valence-electron chi connectivity index (χ1n) is 7.64. The molecule has 0 aliphatic carbocycles. The fourth-order valence-corrected chi connectivity index (χ4v) is 2.74. The van der Waals surface area contributed by atoms with Crippen molar-refractivity contribution < 1.29 is 18.3 Å². The molecule has 0 bridgehead atoms. The van der Waals surface area contributed by atoms with Gasteiger partial charge in [-0.25, -0.2) is 0 Å². The topological polar surface area (TPSA) is 35.5 Å². The SMILES string of the molecule is CC(C)NCc1c(N2CCC(O)CC2)cccc1C(F)(F)F. The predicted molar refractivity (Wildman–Crippen MR) is 80.9 cm³/mol. The Kier molecular flexibility index (Phi) is 5.34. The summed E-state index contributed by atoms with van der Waals surface area (Å²) in [4.78, 5) is 1.94. The number of anilines is 1. The van der Waals surface area contributed by atoms with Gasteiger partial charge in [0.25, 0.3) is 0 Å². The van der Waals surface area contributed by atoms with E-state index in [1.807, 2.05) is 18.7 Å². The van der Waals surface area contributed by atoms with Gasteiger partial charge in [-0.2, -0.15) is 13.2 Å². The Balaban J connectivity index is 2.35. The van der Waals surface area contributed by atoms with E-state index < -0.39 is 11.7 Å². The molecular weight excluding hydrogens is 293 g/mol. The van der Waals surface area contributed by atoms with Crippen LogP contribution in [0.1, 0.15) is 37.8 Å². The van der Waals surface area contributed by atoms with Crippen LogP contribution >= 0.6 is 0 Å². The van der Waals surface area contributed by atoms with Crippen molar-refractivity contribution in [3.05, 3.63) is 29.3 Å². The third kappa shape index (κ3) is 4.14. The van der Waals surface area contributed by atoms with Crippen LogP contribution in [0.3, 0.4) is 0 Å². The Hall–Kier alpha value is -1.27. The molecule has 22 heavy (non-hydrogen) atoms. The molecule has 0 saturated carbocycles. The Labute approximate surface area is 129 Å². The average molecular weight is 316 g/mol. The minimum Gasteiger partial charge on any atom is -0.393 e. The number of aliphatic hydroxyl groups excluding tert-OH is 1. The van der Waals surface area contributed by atoms with E-state index in [-0.39, 0.29) is 18.7 Å². The summed E-state index contributed by atoms with van der Waals surface area (Å²) in [5.41, 5.74) is 0.333. The number of benzene rings is 1. The average Bonchev–Trinajstić information content (AvgIpc) is 2.44. The first-order chi connectivity index (χ1) is 10.3. The third-order valence-electron chi connectivity index (χ3n) is 3.95. The lowest BCUT2D eigenvalue weighted by Gasteiger charge is -2.34. The number of hydrogen-bond acceptors (Lipinski definition) is 3. The van der Waals surface area contributed by atoms with Gasteiger partial charge in [0, 0.05) is 36.9 Å². The normalized spacial score (nSPS) is 17.3. The minimum atomic E-state index is -4.36. The van der Waals surface area contributed by atoms with E-state index in [1.54, 1.807) is 6.07 Å². The number of nitrogens with zero attached hydrogens (tertiary/aromatic N) is 1. The van der Waals surface area contributed by atoms with E-state index in [0.717, 1.165) is 6.07 Å². The third-order valence-corrected chi connectivity index (χ3v) is 3.95. The van der Waals surface area contributed by atoms with Crippen LogP contribution in [-0.4, -0.2) is 30.3 Å². The van der Waals surface area contributed by atoms with E-state index in [1.165, 1.54) is 6.07 Å². The number of hydrogen-bond donors (Lipinski definition) is 2. The smallest absolute Gasteiger partial charge is 0.393 e. The maximum atomic E-state index is 13.3. The molecule has 0 atom stereocenters. The van der Waals surface area contributed by atoms with Crippen LogP contribution in [0.4, 0.5) is 18.9 Å². The van der Waals surface area contributed by atoms with Gasteiger partial charge in [-0.15, -0.1) is 0 Å². The van der Waals surface area contributed by atoms with Crippen LogP contribution in [0.25, 0.3) is 0 Å². The summed E-state index contributed by atoms with van der Waals surface area (Å²) in [6.45, 7) is 5.16. The summed E-state index contributed by atoms with van der Waals surface area (Å²) in [5.74, 6) is 0. The molecule has 1 aliphatic heterocycles. The van der Waals surface area contributed by atoms with Crippen LogP contribution in [0, 0.1) is 0 Å². The van der Waals surface area contributed by atoms with Crippen molar-refractivity contribution in [1.82, 2.24) is 5.32 Å². The van der Waals surface area contributed by atoms with Crippen LogP contribution < -0.4 is 10.2 Å². The van der Waals surface area contributed by atoms with Crippen LogP contribution in [0.15, 0.2) is 18.2 Å². The lowest BCUT2D eigenvalue weighted by atomic mass is 10.0. The van der Waals surface area contributed by atoms with Gasteiger partial charge in [-0.1, -0.05) is 19.9 Å². The first kappa shape index (κ1) is 17.1. The summed E-state index contributed by atoms with van der Waals surface area (Å²) in [7, 11) is 0. The lowest BCUT2D eigenvalue weighted by molar-refractivity contribution is -0.138. The molecule has 124 valence electrons. The molecule has 0 amide bonds. The number of rotatable bonds is 4. The number of halogens is 3. The maximum absolute atomic E-state index is 13.3. The number of aliphatic hydroxyl groups is 1. The maximum Gasteiger partial charge on any atom is 0.416 e. The zero-order valence-corrected chi connectivity index (χ0v) is 13.0. The fourth-order valence-electron chi connectivity index (χ4n) is 2.74. The number of piperidine rings is 1. The Morgan fingerprint density at radius 3 is 2.45 bits per heavy atom. The molecule has 1 heterocycles. The molecule has 1 aromatic rings.